The number of aryl methyl sites for hydroxylation is 1. The first-order chi connectivity index (χ1) is 31.3. The second-order valence-corrected chi connectivity index (χ2v) is 20.7. The lowest BCUT2D eigenvalue weighted by molar-refractivity contribution is -0.384. The predicted molar refractivity (Wildman–Crippen MR) is 270 cm³/mol. The van der Waals surface area contributed by atoms with Crippen LogP contribution in [-0.2, 0) is 26.2 Å². The fourth-order valence-electron chi connectivity index (χ4n) is 7.45. The number of carbonyl (C=O) groups is 2. The lowest BCUT2D eigenvalue weighted by Gasteiger charge is -2.36. The first-order valence-electron chi connectivity index (χ1n) is 21.3. The third-order valence-corrected chi connectivity index (χ3v) is 14.7. The van der Waals surface area contributed by atoms with E-state index in [-0.39, 0.29) is 16.5 Å². The molecule has 5 aromatic rings. The minimum atomic E-state index is -3.72. The zero-order valence-electron chi connectivity index (χ0n) is 36.9. The summed E-state index contributed by atoms with van der Waals surface area (Å²) in [7, 11) is -2.46. The van der Waals surface area contributed by atoms with Gasteiger partial charge in [0.15, 0.2) is 0 Å². The highest BCUT2D eigenvalue weighted by Crippen LogP contribution is 2.35. The zero-order valence-corrected chi connectivity index (χ0v) is 40.2. The molecule has 2 aliphatic heterocycles. The van der Waals surface area contributed by atoms with Crippen molar-refractivity contribution >= 4 is 85.4 Å². The summed E-state index contributed by atoms with van der Waals surface area (Å²) >= 11 is 8.36. The number of hydrogen-bond acceptors (Lipinski definition) is 12. The summed E-state index contributed by atoms with van der Waals surface area (Å²) in [4.78, 5) is 43.3. The van der Waals surface area contributed by atoms with Gasteiger partial charge in [0.1, 0.15) is 16.3 Å². The van der Waals surface area contributed by atoms with E-state index in [1.807, 2.05) is 50.3 Å². The molecule has 65 heavy (non-hydrogen) atoms. The molecule has 5 aromatic carbocycles. The Balaban J connectivity index is 0.000000248. The predicted octanol–water partition coefficient (Wildman–Crippen LogP) is 9.51. The standard InChI is InChI=1S/C34H37N3O2S2.C15H17N3O4S2/c1-24(2)20-30(23-38)37-33(39)32(41-34(37)40)21-26-10-14-29(15-11-26)36-18-16-35(17-19-36)22-28-6-4-5-7-31(28)27-12-8-25(3)9-13-27;1-16-24(21,22)13-7-8-14(15(11-13)18(19)20)17-9-10-23-12-5-3-2-4-6-12/h4-15,21,23-24,30H,16-20,22H2,1-3H3;2-8,11,16-17H,9-10H2,1H3/b32-21-;. The van der Waals surface area contributed by atoms with Gasteiger partial charge in [-0.05, 0) is 91.0 Å². The van der Waals surface area contributed by atoms with Crippen LogP contribution in [0.15, 0.2) is 136 Å². The molecule has 7 rings (SSSR count). The van der Waals surface area contributed by atoms with E-state index in [4.69, 9.17) is 12.2 Å². The summed E-state index contributed by atoms with van der Waals surface area (Å²) in [5.41, 5.74) is 7.39. The summed E-state index contributed by atoms with van der Waals surface area (Å²) in [6.45, 7) is 11.6. The number of piperazine rings is 1. The lowest BCUT2D eigenvalue weighted by Crippen LogP contribution is -2.46. The van der Waals surface area contributed by atoms with E-state index in [0.29, 0.717) is 33.8 Å². The summed E-state index contributed by atoms with van der Waals surface area (Å²) in [6.07, 6.45) is 3.32. The third kappa shape index (κ3) is 13.4. The van der Waals surface area contributed by atoms with Crippen molar-refractivity contribution in [3.05, 3.63) is 153 Å². The number of nitrogens with one attached hydrogen (secondary N) is 2. The van der Waals surface area contributed by atoms with E-state index in [1.54, 1.807) is 11.8 Å². The maximum atomic E-state index is 13.1. The van der Waals surface area contributed by atoms with Crippen LogP contribution in [0.25, 0.3) is 17.2 Å². The van der Waals surface area contributed by atoms with Crippen molar-refractivity contribution in [2.24, 2.45) is 5.92 Å². The fourth-order valence-corrected chi connectivity index (χ4v) is 10.4. The number of anilines is 2. The Morgan fingerprint density at radius 3 is 2.23 bits per heavy atom. The Morgan fingerprint density at radius 2 is 1.58 bits per heavy atom. The van der Waals surface area contributed by atoms with Gasteiger partial charge in [-0.15, -0.1) is 11.8 Å². The fraction of sp³-hybridized carbons (Fsp3) is 0.286. The molecule has 1 unspecified atom stereocenters. The zero-order chi connectivity index (χ0) is 46.5. The normalized spacial score (nSPS) is 15.5. The first-order valence-corrected chi connectivity index (χ1v) is 25.0. The first kappa shape index (κ1) is 49.1. The van der Waals surface area contributed by atoms with E-state index < -0.39 is 21.0 Å². The number of benzene rings is 5. The molecule has 2 heterocycles. The van der Waals surface area contributed by atoms with Crippen molar-refractivity contribution in [1.82, 2.24) is 14.5 Å². The maximum Gasteiger partial charge on any atom is 0.293 e. The van der Waals surface area contributed by atoms with Gasteiger partial charge < -0.3 is 15.0 Å². The summed E-state index contributed by atoms with van der Waals surface area (Å²) in [5.74, 6) is 0.835. The van der Waals surface area contributed by atoms with E-state index in [1.165, 1.54) is 63.8 Å². The molecule has 2 fully saturated rings. The van der Waals surface area contributed by atoms with E-state index in [0.717, 1.165) is 61.3 Å². The van der Waals surface area contributed by atoms with Crippen molar-refractivity contribution in [2.45, 2.75) is 49.6 Å². The molecule has 340 valence electrons. The minimum Gasteiger partial charge on any atom is -0.379 e. The van der Waals surface area contributed by atoms with Gasteiger partial charge in [0.2, 0.25) is 10.0 Å². The van der Waals surface area contributed by atoms with Gasteiger partial charge in [-0.1, -0.05) is 122 Å². The molecule has 1 amide bonds. The second-order valence-electron chi connectivity index (χ2n) is 16.0. The molecular weight excluding hydrogens is 897 g/mol. The number of amides is 1. The van der Waals surface area contributed by atoms with Crippen molar-refractivity contribution in [1.29, 1.82) is 0 Å². The Bertz CT molecular complexity index is 2580. The highest BCUT2D eigenvalue weighted by atomic mass is 32.2. The number of hydrogen-bond donors (Lipinski definition) is 2. The molecule has 0 aromatic heterocycles. The molecule has 12 nitrogen and oxygen atoms in total. The molecule has 2 N–H and O–H groups in total. The molecule has 0 radical (unpaired) electrons. The summed E-state index contributed by atoms with van der Waals surface area (Å²) < 4.78 is 26.1. The molecular formula is C49H54N6O6S4. The SMILES string of the molecule is CNS(=O)(=O)c1ccc(NCCSc2ccccc2)c([N+](=O)[O-])c1.Cc1ccc(-c2ccccc2CN2CCN(c3ccc(/C=C4\SC(=S)N(C(C=O)CC(C)C)C4=O)cc3)CC2)cc1. The Labute approximate surface area is 396 Å². The quantitative estimate of drug-likeness (QED) is 0.0174. The van der Waals surface area contributed by atoms with Crippen molar-refractivity contribution in [3.63, 3.8) is 0 Å². The molecule has 0 saturated carbocycles. The van der Waals surface area contributed by atoms with Crippen molar-refractivity contribution in [3.8, 4) is 11.1 Å². The Morgan fingerprint density at radius 1 is 0.908 bits per heavy atom. The number of nitro benzene ring substituents is 1. The highest BCUT2D eigenvalue weighted by Gasteiger charge is 2.37. The number of rotatable bonds is 17. The van der Waals surface area contributed by atoms with Crippen molar-refractivity contribution < 1.29 is 22.9 Å². The van der Waals surface area contributed by atoms with Crippen LogP contribution in [0.3, 0.4) is 0 Å². The van der Waals surface area contributed by atoms with Crippen LogP contribution >= 0.6 is 35.7 Å². The second kappa shape index (κ2) is 23.2. The van der Waals surface area contributed by atoms with Gasteiger partial charge in [0.25, 0.3) is 11.6 Å². The molecule has 1 atom stereocenters. The third-order valence-electron chi connectivity index (χ3n) is 10.9. The summed E-state index contributed by atoms with van der Waals surface area (Å²) in [6, 6.07) is 39.0. The van der Waals surface area contributed by atoms with Crippen LogP contribution in [-0.4, -0.2) is 91.2 Å². The van der Waals surface area contributed by atoms with Gasteiger partial charge >= 0.3 is 0 Å². The van der Waals surface area contributed by atoms with Crippen LogP contribution in [0, 0.1) is 23.0 Å². The van der Waals surface area contributed by atoms with Gasteiger partial charge in [0, 0.05) is 61.7 Å². The number of thiocarbonyl (C=S) groups is 1. The molecule has 0 aliphatic carbocycles. The molecule has 0 bridgehead atoms. The van der Waals surface area contributed by atoms with Gasteiger partial charge in [-0.25, -0.2) is 13.1 Å². The number of thioether (sulfide) groups is 2. The molecule has 0 spiro atoms. The van der Waals surface area contributed by atoms with Crippen LogP contribution in [0.4, 0.5) is 17.1 Å². The summed E-state index contributed by atoms with van der Waals surface area (Å²) in [5, 5.41) is 14.2. The van der Waals surface area contributed by atoms with Gasteiger partial charge in [-0.3, -0.25) is 24.7 Å². The average molecular weight is 951 g/mol. The largest absolute Gasteiger partial charge is 0.379 e. The van der Waals surface area contributed by atoms with Crippen LogP contribution in [0.2, 0.25) is 0 Å². The van der Waals surface area contributed by atoms with Crippen LogP contribution < -0.4 is 14.9 Å². The maximum absolute atomic E-state index is 13.1. The van der Waals surface area contributed by atoms with Crippen LogP contribution in [0.1, 0.15) is 37.0 Å². The van der Waals surface area contributed by atoms with E-state index >= 15 is 0 Å². The van der Waals surface area contributed by atoms with Crippen LogP contribution in [0.5, 0.6) is 0 Å². The molecule has 2 aliphatic rings. The minimum absolute atomic E-state index is 0.138. The van der Waals surface area contributed by atoms with Gasteiger partial charge in [0.05, 0.1) is 20.8 Å². The average Bonchev–Trinajstić information content (AvgIpc) is 3.59. The van der Waals surface area contributed by atoms with Crippen molar-refractivity contribution in [2.75, 3.05) is 55.7 Å². The molecule has 16 heteroatoms. The van der Waals surface area contributed by atoms with E-state index in [9.17, 15) is 28.1 Å². The highest BCUT2D eigenvalue weighted by molar-refractivity contribution is 8.26. The Hall–Kier alpha value is -5.36. The number of sulfonamides is 1. The number of aldehydes is 1. The topological polar surface area (TPSA) is 145 Å². The lowest BCUT2D eigenvalue weighted by atomic mass is 9.98. The molecule has 2 saturated heterocycles. The number of nitrogens with zero attached hydrogens (tertiary/aromatic N) is 4. The monoisotopic (exact) mass is 950 g/mol. The smallest absolute Gasteiger partial charge is 0.293 e. The van der Waals surface area contributed by atoms with Gasteiger partial charge in [-0.2, -0.15) is 0 Å². The number of nitro groups is 1. The Kier molecular flexibility index (Phi) is 17.5. The van der Waals surface area contributed by atoms with E-state index in [2.05, 4.69) is 99.6 Å². The number of carbonyl (C=O) groups excluding carboxylic acids is 2.